The van der Waals surface area contributed by atoms with Crippen LogP contribution >= 0.6 is 11.3 Å². The van der Waals surface area contributed by atoms with Crippen LogP contribution in [0.15, 0.2) is 40.6 Å². The van der Waals surface area contributed by atoms with Crippen molar-refractivity contribution in [2.24, 2.45) is 0 Å². The number of nitrogens with one attached hydrogen (secondary N) is 1. The smallest absolute Gasteiger partial charge is 0.175 e. The minimum absolute atomic E-state index is 0.355. The molecule has 0 radical (unpaired) electrons. The van der Waals surface area contributed by atoms with Gasteiger partial charge in [-0.2, -0.15) is 0 Å². The van der Waals surface area contributed by atoms with Gasteiger partial charge in [0, 0.05) is 34.2 Å². The average molecular weight is 305 g/mol. The summed E-state index contributed by atoms with van der Waals surface area (Å²) in [5.74, 6) is 0. The SMILES string of the molecule is Cc1[nH]c2cc(S(C)(=O)=O)ccc2c1Cc1cccs1. The molecule has 104 valence electrons. The van der Waals surface area contributed by atoms with Crippen molar-refractivity contribution in [3.63, 3.8) is 0 Å². The standard InChI is InChI=1S/C15H15NO2S2/c1-10-14(8-11-4-3-7-19-11)13-6-5-12(20(2,17)18)9-15(13)16-10/h3-7,9,16H,8H2,1-2H3. The molecule has 1 N–H and O–H groups in total. The number of aryl methyl sites for hydroxylation is 1. The van der Waals surface area contributed by atoms with Gasteiger partial charge in [-0.15, -0.1) is 11.3 Å². The molecule has 0 aliphatic rings. The number of rotatable bonds is 3. The Labute approximate surface area is 122 Å². The van der Waals surface area contributed by atoms with E-state index in [1.807, 2.05) is 19.1 Å². The lowest BCUT2D eigenvalue weighted by molar-refractivity contribution is 0.602. The topological polar surface area (TPSA) is 49.9 Å². The maximum atomic E-state index is 11.6. The largest absolute Gasteiger partial charge is 0.358 e. The molecular formula is C15H15NO2S2. The lowest BCUT2D eigenvalue weighted by Crippen LogP contribution is -1.96. The molecule has 3 rings (SSSR count). The van der Waals surface area contributed by atoms with Crippen LogP contribution in [-0.4, -0.2) is 19.7 Å². The fraction of sp³-hybridized carbons (Fsp3) is 0.200. The number of hydrogen-bond acceptors (Lipinski definition) is 3. The first-order valence-electron chi connectivity index (χ1n) is 6.29. The van der Waals surface area contributed by atoms with E-state index in [2.05, 4.69) is 16.4 Å². The fourth-order valence-corrected chi connectivity index (χ4v) is 3.78. The molecule has 2 aromatic heterocycles. The molecule has 5 heteroatoms. The monoisotopic (exact) mass is 305 g/mol. The van der Waals surface area contributed by atoms with Crippen molar-refractivity contribution in [3.8, 4) is 0 Å². The zero-order chi connectivity index (χ0) is 14.3. The van der Waals surface area contributed by atoms with Gasteiger partial charge in [-0.1, -0.05) is 12.1 Å². The Morgan fingerprint density at radius 1 is 1.25 bits per heavy atom. The maximum absolute atomic E-state index is 11.6. The Hall–Kier alpha value is -1.59. The van der Waals surface area contributed by atoms with E-state index in [-0.39, 0.29) is 0 Å². The molecule has 0 unspecified atom stereocenters. The van der Waals surface area contributed by atoms with E-state index in [0.717, 1.165) is 23.0 Å². The number of sulfone groups is 1. The summed E-state index contributed by atoms with van der Waals surface area (Å²) in [6, 6.07) is 9.47. The quantitative estimate of drug-likeness (QED) is 0.804. The molecule has 0 fully saturated rings. The molecular weight excluding hydrogens is 290 g/mol. The molecule has 3 aromatic rings. The lowest BCUT2D eigenvalue weighted by atomic mass is 10.1. The summed E-state index contributed by atoms with van der Waals surface area (Å²) in [6.45, 7) is 2.03. The molecule has 0 bridgehead atoms. The van der Waals surface area contributed by atoms with Gasteiger partial charge < -0.3 is 4.98 Å². The molecule has 0 atom stereocenters. The highest BCUT2D eigenvalue weighted by atomic mass is 32.2. The maximum Gasteiger partial charge on any atom is 0.175 e. The van der Waals surface area contributed by atoms with Crippen molar-refractivity contribution in [2.45, 2.75) is 18.2 Å². The summed E-state index contributed by atoms with van der Waals surface area (Å²) < 4.78 is 23.2. The normalized spacial score (nSPS) is 12.1. The third-order valence-electron chi connectivity index (χ3n) is 3.45. The van der Waals surface area contributed by atoms with Gasteiger partial charge in [-0.25, -0.2) is 8.42 Å². The Morgan fingerprint density at radius 2 is 2.05 bits per heavy atom. The molecule has 1 aromatic carbocycles. The predicted molar refractivity (Wildman–Crippen MR) is 83.3 cm³/mol. The Kier molecular flexibility index (Phi) is 3.18. The number of aromatic nitrogens is 1. The van der Waals surface area contributed by atoms with Gasteiger partial charge in [0.05, 0.1) is 4.90 Å². The number of fused-ring (bicyclic) bond motifs is 1. The second-order valence-electron chi connectivity index (χ2n) is 4.96. The van der Waals surface area contributed by atoms with Crippen molar-refractivity contribution >= 4 is 32.1 Å². The van der Waals surface area contributed by atoms with Crippen LogP contribution in [0, 0.1) is 6.92 Å². The van der Waals surface area contributed by atoms with Crippen molar-refractivity contribution in [1.82, 2.24) is 4.98 Å². The summed E-state index contributed by atoms with van der Waals surface area (Å²) in [5.41, 5.74) is 3.22. The highest BCUT2D eigenvalue weighted by molar-refractivity contribution is 7.90. The molecule has 0 saturated carbocycles. The number of aromatic amines is 1. The van der Waals surface area contributed by atoms with Gasteiger partial charge in [-0.05, 0) is 36.1 Å². The van der Waals surface area contributed by atoms with Gasteiger partial charge >= 0.3 is 0 Å². The zero-order valence-electron chi connectivity index (χ0n) is 11.3. The van der Waals surface area contributed by atoms with Crippen LogP contribution < -0.4 is 0 Å². The van der Waals surface area contributed by atoms with Crippen LogP contribution in [0.1, 0.15) is 16.1 Å². The Morgan fingerprint density at radius 3 is 2.70 bits per heavy atom. The molecule has 20 heavy (non-hydrogen) atoms. The molecule has 0 spiro atoms. The Balaban J connectivity index is 2.12. The van der Waals surface area contributed by atoms with Crippen molar-refractivity contribution in [2.75, 3.05) is 6.26 Å². The van der Waals surface area contributed by atoms with E-state index in [1.54, 1.807) is 23.5 Å². The molecule has 0 amide bonds. The number of hydrogen-bond donors (Lipinski definition) is 1. The third kappa shape index (κ3) is 2.39. The summed E-state index contributed by atoms with van der Waals surface area (Å²) >= 11 is 1.74. The Bertz CT molecular complexity index is 859. The van der Waals surface area contributed by atoms with Crippen LogP contribution in [0.5, 0.6) is 0 Å². The molecule has 3 nitrogen and oxygen atoms in total. The highest BCUT2D eigenvalue weighted by Crippen LogP contribution is 2.28. The lowest BCUT2D eigenvalue weighted by Gasteiger charge is -2.01. The van der Waals surface area contributed by atoms with Crippen LogP contribution in [0.3, 0.4) is 0 Å². The third-order valence-corrected chi connectivity index (χ3v) is 5.44. The average Bonchev–Trinajstić information content (AvgIpc) is 2.97. The first-order valence-corrected chi connectivity index (χ1v) is 9.06. The van der Waals surface area contributed by atoms with Crippen molar-refractivity contribution in [1.29, 1.82) is 0 Å². The van der Waals surface area contributed by atoms with E-state index >= 15 is 0 Å². The first-order chi connectivity index (χ1) is 9.45. The van der Waals surface area contributed by atoms with Crippen LogP contribution in [-0.2, 0) is 16.3 Å². The molecule has 0 saturated heterocycles. The van der Waals surface area contributed by atoms with Gasteiger partial charge in [0.2, 0.25) is 0 Å². The van der Waals surface area contributed by atoms with Gasteiger partial charge in [-0.3, -0.25) is 0 Å². The van der Waals surface area contributed by atoms with E-state index < -0.39 is 9.84 Å². The zero-order valence-corrected chi connectivity index (χ0v) is 12.9. The van der Waals surface area contributed by atoms with Crippen LogP contribution in [0.25, 0.3) is 10.9 Å². The van der Waals surface area contributed by atoms with Crippen LogP contribution in [0.4, 0.5) is 0 Å². The van der Waals surface area contributed by atoms with Gasteiger partial charge in [0.25, 0.3) is 0 Å². The highest BCUT2D eigenvalue weighted by Gasteiger charge is 2.13. The minimum atomic E-state index is -3.17. The minimum Gasteiger partial charge on any atom is -0.358 e. The molecule has 0 aliphatic heterocycles. The summed E-state index contributed by atoms with van der Waals surface area (Å²) in [7, 11) is -3.17. The number of H-pyrrole nitrogens is 1. The van der Waals surface area contributed by atoms with Crippen molar-refractivity contribution in [3.05, 3.63) is 51.8 Å². The first kappa shape index (κ1) is 13.4. The summed E-state index contributed by atoms with van der Waals surface area (Å²) in [4.78, 5) is 4.95. The van der Waals surface area contributed by atoms with E-state index in [0.29, 0.717) is 4.90 Å². The van der Waals surface area contributed by atoms with E-state index in [9.17, 15) is 8.42 Å². The number of benzene rings is 1. The second kappa shape index (κ2) is 4.75. The van der Waals surface area contributed by atoms with Gasteiger partial charge in [0.15, 0.2) is 9.84 Å². The summed E-state index contributed by atoms with van der Waals surface area (Å²) in [6.07, 6.45) is 2.11. The van der Waals surface area contributed by atoms with Crippen molar-refractivity contribution < 1.29 is 8.42 Å². The molecule has 2 heterocycles. The van der Waals surface area contributed by atoms with E-state index in [1.165, 1.54) is 16.7 Å². The molecule has 0 aliphatic carbocycles. The second-order valence-corrected chi connectivity index (χ2v) is 8.01. The number of thiophene rings is 1. The van der Waals surface area contributed by atoms with E-state index in [4.69, 9.17) is 0 Å². The van der Waals surface area contributed by atoms with Crippen LogP contribution in [0.2, 0.25) is 0 Å². The fourth-order valence-electron chi connectivity index (χ4n) is 2.42. The van der Waals surface area contributed by atoms with Gasteiger partial charge in [0.1, 0.15) is 0 Å². The predicted octanol–water partition coefficient (Wildman–Crippen LogP) is 3.53. The summed E-state index contributed by atoms with van der Waals surface area (Å²) in [5, 5.41) is 3.17.